The fraction of sp³-hybridized carbons (Fsp3) is 0.429. The van der Waals surface area contributed by atoms with E-state index in [0.29, 0.717) is 0 Å². The molecule has 3 rings (SSSR count). The summed E-state index contributed by atoms with van der Waals surface area (Å²) in [6.45, 7) is 6.72. The summed E-state index contributed by atoms with van der Waals surface area (Å²) < 4.78 is 8.30. The first-order chi connectivity index (χ1) is 11.2. The SMILES string of the molecule is CCCCCCc1ccc2c(sc3c(C)c(OC)ccc32)c1C. The molecular weight excluding hydrogens is 300 g/mol. The number of hydrogen-bond acceptors (Lipinski definition) is 2. The molecule has 1 heterocycles. The number of fused-ring (bicyclic) bond motifs is 3. The zero-order chi connectivity index (χ0) is 16.4. The van der Waals surface area contributed by atoms with Crippen LogP contribution in [0.3, 0.4) is 0 Å². The van der Waals surface area contributed by atoms with Crippen molar-refractivity contribution >= 4 is 31.5 Å². The molecule has 1 nitrogen and oxygen atoms in total. The molecule has 23 heavy (non-hydrogen) atoms. The molecule has 0 amide bonds. The smallest absolute Gasteiger partial charge is 0.123 e. The summed E-state index contributed by atoms with van der Waals surface area (Å²) in [5.41, 5.74) is 4.25. The lowest BCUT2D eigenvalue weighted by Crippen LogP contribution is -1.90. The van der Waals surface area contributed by atoms with Crippen molar-refractivity contribution in [1.29, 1.82) is 0 Å². The van der Waals surface area contributed by atoms with E-state index in [2.05, 4.69) is 45.0 Å². The van der Waals surface area contributed by atoms with Crippen molar-refractivity contribution in [3.8, 4) is 5.75 Å². The number of unbranched alkanes of at least 4 members (excludes halogenated alkanes) is 3. The lowest BCUT2D eigenvalue weighted by atomic mass is 9.99. The maximum atomic E-state index is 5.49. The van der Waals surface area contributed by atoms with Crippen LogP contribution in [0.2, 0.25) is 0 Å². The predicted molar refractivity (Wildman–Crippen MR) is 103 cm³/mol. The van der Waals surface area contributed by atoms with Gasteiger partial charge in [0, 0.05) is 25.7 Å². The van der Waals surface area contributed by atoms with Crippen LogP contribution in [0.4, 0.5) is 0 Å². The molecule has 0 fully saturated rings. The Bertz CT molecular complexity index is 829. The number of methoxy groups -OCH3 is 1. The number of rotatable bonds is 6. The fourth-order valence-electron chi connectivity index (χ4n) is 3.43. The van der Waals surface area contributed by atoms with Crippen molar-refractivity contribution in [3.63, 3.8) is 0 Å². The molecule has 0 bridgehead atoms. The van der Waals surface area contributed by atoms with Gasteiger partial charge in [-0.15, -0.1) is 11.3 Å². The molecule has 2 heteroatoms. The second-order valence-corrected chi connectivity index (χ2v) is 7.43. The zero-order valence-corrected chi connectivity index (χ0v) is 15.5. The third kappa shape index (κ3) is 2.97. The second-order valence-electron chi connectivity index (χ2n) is 6.41. The van der Waals surface area contributed by atoms with Crippen molar-refractivity contribution in [3.05, 3.63) is 41.0 Å². The van der Waals surface area contributed by atoms with Crippen LogP contribution in [-0.4, -0.2) is 7.11 Å². The van der Waals surface area contributed by atoms with Gasteiger partial charge < -0.3 is 4.74 Å². The first-order valence-electron chi connectivity index (χ1n) is 8.65. The van der Waals surface area contributed by atoms with Crippen molar-refractivity contribution in [2.75, 3.05) is 7.11 Å². The number of ether oxygens (including phenoxy) is 1. The third-order valence-corrected chi connectivity index (χ3v) is 6.35. The average Bonchev–Trinajstić information content (AvgIpc) is 2.94. The van der Waals surface area contributed by atoms with E-state index in [1.165, 1.54) is 69.0 Å². The van der Waals surface area contributed by atoms with Gasteiger partial charge in [0.1, 0.15) is 5.75 Å². The second kappa shape index (κ2) is 6.92. The van der Waals surface area contributed by atoms with E-state index < -0.39 is 0 Å². The van der Waals surface area contributed by atoms with Gasteiger partial charge >= 0.3 is 0 Å². The summed E-state index contributed by atoms with van der Waals surface area (Å²) in [6, 6.07) is 8.97. The van der Waals surface area contributed by atoms with Gasteiger partial charge in [0.25, 0.3) is 0 Å². The average molecular weight is 327 g/mol. The van der Waals surface area contributed by atoms with E-state index in [-0.39, 0.29) is 0 Å². The first kappa shape index (κ1) is 16.3. The molecule has 0 saturated heterocycles. The Morgan fingerprint density at radius 1 is 0.870 bits per heavy atom. The Kier molecular flexibility index (Phi) is 4.91. The molecule has 0 atom stereocenters. The van der Waals surface area contributed by atoms with Gasteiger partial charge in [0.15, 0.2) is 0 Å². The maximum Gasteiger partial charge on any atom is 0.123 e. The highest BCUT2D eigenvalue weighted by Crippen LogP contribution is 2.41. The molecular formula is C21H26OS. The van der Waals surface area contributed by atoms with E-state index in [9.17, 15) is 0 Å². The van der Waals surface area contributed by atoms with Crippen LogP contribution in [0.15, 0.2) is 24.3 Å². The largest absolute Gasteiger partial charge is 0.496 e. The summed E-state index contributed by atoms with van der Waals surface area (Å²) in [5.74, 6) is 0.987. The van der Waals surface area contributed by atoms with Crippen LogP contribution >= 0.6 is 11.3 Å². The lowest BCUT2D eigenvalue weighted by Gasteiger charge is -2.07. The predicted octanol–water partition coefficient (Wildman–Crippen LogP) is 6.80. The van der Waals surface area contributed by atoms with E-state index in [4.69, 9.17) is 4.74 Å². The topological polar surface area (TPSA) is 9.23 Å². The van der Waals surface area contributed by atoms with Crippen LogP contribution in [0.1, 0.15) is 49.3 Å². The standard InChI is InChI=1S/C21H26OS/c1-5-6-7-8-9-16-10-11-17-18-12-13-19(22-4)15(3)21(18)23-20(17)14(16)2/h10-13H,5-9H2,1-4H3. The van der Waals surface area contributed by atoms with Crippen molar-refractivity contribution in [1.82, 2.24) is 0 Å². The summed E-state index contributed by atoms with van der Waals surface area (Å²) in [4.78, 5) is 0. The Hall–Kier alpha value is -1.54. The Balaban J connectivity index is 2.03. The lowest BCUT2D eigenvalue weighted by molar-refractivity contribution is 0.412. The van der Waals surface area contributed by atoms with Crippen molar-refractivity contribution in [2.45, 2.75) is 52.9 Å². The Morgan fingerprint density at radius 3 is 2.26 bits per heavy atom. The third-order valence-electron chi connectivity index (χ3n) is 4.89. The van der Waals surface area contributed by atoms with E-state index in [0.717, 1.165) is 5.75 Å². The molecule has 0 aliphatic heterocycles. The van der Waals surface area contributed by atoms with Gasteiger partial charge in [-0.05, 0) is 49.9 Å². The quantitative estimate of drug-likeness (QED) is 0.452. The molecule has 0 unspecified atom stereocenters. The molecule has 1 aromatic heterocycles. The number of aryl methyl sites for hydroxylation is 3. The zero-order valence-electron chi connectivity index (χ0n) is 14.7. The minimum Gasteiger partial charge on any atom is -0.496 e. The van der Waals surface area contributed by atoms with Gasteiger partial charge in [-0.1, -0.05) is 38.3 Å². The van der Waals surface area contributed by atoms with Gasteiger partial charge in [0.05, 0.1) is 7.11 Å². The van der Waals surface area contributed by atoms with E-state index in [1.54, 1.807) is 7.11 Å². The number of benzene rings is 2. The normalized spacial score (nSPS) is 11.5. The number of thiophene rings is 1. The molecule has 2 aromatic carbocycles. The van der Waals surface area contributed by atoms with Crippen molar-refractivity contribution in [2.24, 2.45) is 0 Å². The number of hydrogen-bond donors (Lipinski definition) is 0. The van der Waals surface area contributed by atoms with Crippen LogP contribution in [0.25, 0.3) is 20.2 Å². The molecule has 0 aliphatic carbocycles. The van der Waals surface area contributed by atoms with Crippen molar-refractivity contribution < 1.29 is 4.74 Å². The molecule has 0 aliphatic rings. The summed E-state index contributed by atoms with van der Waals surface area (Å²) in [7, 11) is 1.75. The fourth-order valence-corrected chi connectivity index (χ4v) is 4.75. The van der Waals surface area contributed by atoms with Crippen LogP contribution in [0.5, 0.6) is 5.75 Å². The van der Waals surface area contributed by atoms with Crippen LogP contribution in [-0.2, 0) is 6.42 Å². The summed E-state index contributed by atoms with van der Waals surface area (Å²) in [5, 5.41) is 2.76. The maximum absolute atomic E-state index is 5.49. The molecule has 0 spiro atoms. The van der Waals surface area contributed by atoms with Crippen LogP contribution in [0, 0.1) is 13.8 Å². The van der Waals surface area contributed by atoms with Gasteiger partial charge in [-0.3, -0.25) is 0 Å². The van der Waals surface area contributed by atoms with E-state index >= 15 is 0 Å². The molecule has 122 valence electrons. The first-order valence-corrected chi connectivity index (χ1v) is 9.47. The summed E-state index contributed by atoms with van der Waals surface area (Å²) in [6.07, 6.45) is 6.51. The highest BCUT2D eigenvalue weighted by Gasteiger charge is 2.13. The monoisotopic (exact) mass is 326 g/mol. The van der Waals surface area contributed by atoms with E-state index in [1.807, 2.05) is 11.3 Å². The highest BCUT2D eigenvalue weighted by molar-refractivity contribution is 7.26. The minimum absolute atomic E-state index is 0.987. The van der Waals surface area contributed by atoms with Gasteiger partial charge in [-0.25, -0.2) is 0 Å². The highest BCUT2D eigenvalue weighted by atomic mass is 32.1. The Morgan fingerprint density at radius 2 is 1.57 bits per heavy atom. The van der Waals surface area contributed by atoms with Crippen LogP contribution < -0.4 is 4.74 Å². The minimum atomic E-state index is 0.987. The van der Waals surface area contributed by atoms with Gasteiger partial charge in [-0.2, -0.15) is 0 Å². The molecule has 0 radical (unpaired) electrons. The Labute approximate surface area is 143 Å². The van der Waals surface area contributed by atoms with Gasteiger partial charge in [0.2, 0.25) is 0 Å². The molecule has 0 N–H and O–H groups in total. The molecule has 3 aromatic rings. The molecule has 0 saturated carbocycles. The summed E-state index contributed by atoms with van der Waals surface area (Å²) >= 11 is 1.92.